The number of anilines is 1. The molecule has 1 aromatic heterocycles. The number of thiocarbonyl (C=S) groups is 1. The molecule has 20 heavy (non-hydrogen) atoms. The zero-order chi connectivity index (χ0) is 14.4. The van der Waals surface area contributed by atoms with Gasteiger partial charge in [-0.3, -0.25) is 4.79 Å². The molecule has 0 atom stereocenters. The van der Waals surface area contributed by atoms with Crippen LogP contribution in [0.15, 0.2) is 41.8 Å². The van der Waals surface area contributed by atoms with Gasteiger partial charge in [0.15, 0.2) is 0 Å². The SMILES string of the molecule is NC(=S)c1ccc(NC(=O)COCc2cccs2)cc1. The number of hydrogen-bond donors (Lipinski definition) is 2. The fraction of sp³-hybridized carbons (Fsp3) is 0.143. The molecule has 0 spiro atoms. The first-order valence-corrected chi connectivity index (χ1v) is 7.24. The zero-order valence-corrected chi connectivity index (χ0v) is 12.3. The number of ether oxygens (including phenoxy) is 1. The molecule has 0 saturated heterocycles. The second kappa shape index (κ2) is 7.14. The van der Waals surface area contributed by atoms with Crippen molar-refractivity contribution < 1.29 is 9.53 Å². The molecule has 1 amide bonds. The maximum Gasteiger partial charge on any atom is 0.250 e. The lowest BCUT2D eigenvalue weighted by molar-refractivity contribution is -0.120. The molecule has 1 aromatic carbocycles. The molecule has 6 heteroatoms. The molecule has 2 rings (SSSR count). The van der Waals surface area contributed by atoms with Crippen molar-refractivity contribution >= 4 is 40.1 Å². The molecule has 0 radical (unpaired) electrons. The van der Waals surface area contributed by atoms with Gasteiger partial charge in [0.05, 0.1) is 6.61 Å². The Balaban J connectivity index is 1.77. The van der Waals surface area contributed by atoms with E-state index < -0.39 is 0 Å². The van der Waals surface area contributed by atoms with E-state index in [0.29, 0.717) is 17.3 Å². The second-order valence-corrected chi connectivity index (χ2v) is 5.53. The maximum absolute atomic E-state index is 11.7. The number of hydrogen-bond acceptors (Lipinski definition) is 4. The van der Waals surface area contributed by atoms with E-state index in [2.05, 4.69) is 5.32 Å². The summed E-state index contributed by atoms with van der Waals surface area (Å²) in [4.78, 5) is 13.1. The number of amides is 1. The van der Waals surface area contributed by atoms with Gasteiger partial charge in [-0.15, -0.1) is 11.3 Å². The minimum atomic E-state index is -0.190. The molecule has 0 saturated carbocycles. The lowest BCUT2D eigenvalue weighted by Gasteiger charge is -2.06. The second-order valence-electron chi connectivity index (χ2n) is 4.06. The van der Waals surface area contributed by atoms with Gasteiger partial charge in [0.25, 0.3) is 0 Å². The number of carbonyl (C=O) groups is 1. The smallest absolute Gasteiger partial charge is 0.250 e. The standard InChI is InChI=1S/C14H14N2O2S2/c15-14(19)10-3-5-11(6-4-10)16-13(17)9-18-8-12-2-1-7-20-12/h1-7H,8-9H2,(H2,15,19)(H,16,17). The van der Waals surface area contributed by atoms with Crippen LogP contribution in [-0.4, -0.2) is 17.5 Å². The molecule has 0 unspecified atom stereocenters. The third kappa shape index (κ3) is 4.41. The molecule has 0 fully saturated rings. The van der Waals surface area contributed by atoms with Crippen molar-refractivity contribution in [3.05, 3.63) is 52.2 Å². The van der Waals surface area contributed by atoms with Crippen molar-refractivity contribution in [2.45, 2.75) is 6.61 Å². The molecule has 3 N–H and O–H groups in total. The molecular weight excluding hydrogens is 292 g/mol. The molecule has 0 aliphatic carbocycles. The summed E-state index contributed by atoms with van der Waals surface area (Å²) in [5.41, 5.74) is 6.96. The van der Waals surface area contributed by atoms with E-state index >= 15 is 0 Å². The van der Waals surface area contributed by atoms with Crippen LogP contribution < -0.4 is 11.1 Å². The number of carbonyl (C=O) groups excluding carboxylic acids is 1. The molecule has 0 aliphatic heterocycles. The highest BCUT2D eigenvalue weighted by Crippen LogP contribution is 2.11. The minimum Gasteiger partial charge on any atom is -0.389 e. The van der Waals surface area contributed by atoms with E-state index in [9.17, 15) is 4.79 Å². The predicted molar refractivity (Wildman–Crippen MR) is 84.9 cm³/mol. The van der Waals surface area contributed by atoms with E-state index in [1.165, 1.54) is 0 Å². The summed E-state index contributed by atoms with van der Waals surface area (Å²) in [5, 5.41) is 4.72. The first kappa shape index (κ1) is 14.6. The first-order chi connectivity index (χ1) is 9.65. The van der Waals surface area contributed by atoms with Crippen molar-refractivity contribution in [3.63, 3.8) is 0 Å². The monoisotopic (exact) mass is 306 g/mol. The van der Waals surface area contributed by atoms with Crippen LogP contribution in [0, 0.1) is 0 Å². The highest BCUT2D eigenvalue weighted by Gasteiger charge is 2.04. The first-order valence-electron chi connectivity index (χ1n) is 5.95. The van der Waals surface area contributed by atoms with E-state index in [1.807, 2.05) is 17.5 Å². The Kier molecular flexibility index (Phi) is 5.23. The third-order valence-electron chi connectivity index (χ3n) is 2.51. The van der Waals surface area contributed by atoms with Gasteiger partial charge < -0.3 is 15.8 Å². The number of benzene rings is 1. The van der Waals surface area contributed by atoms with E-state index in [-0.39, 0.29) is 12.5 Å². The molecule has 1 heterocycles. The van der Waals surface area contributed by atoms with Gasteiger partial charge in [0.1, 0.15) is 11.6 Å². The van der Waals surface area contributed by atoms with Gasteiger partial charge in [-0.05, 0) is 35.7 Å². The van der Waals surface area contributed by atoms with Gasteiger partial charge in [-0.25, -0.2) is 0 Å². The Bertz CT molecular complexity index is 580. The van der Waals surface area contributed by atoms with Crippen LogP contribution in [0.4, 0.5) is 5.69 Å². The van der Waals surface area contributed by atoms with Crippen LogP contribution in [0.25, 0.3) is 0 Å². The van der Waals surface area contributed by atoms with Crippen molar-refractivity contribution in [3.8, 4) is 0 Å². The van der Waals surface area contributed by atoms with E-state index in [1.54, 1.807) is 35.6 Å². The van der Waals surface area contributed by atoms with Crippen LogP contribution in [-0.2, 0) is 16.1 Å². The number of thiophene rings is 1. The van der Waals surface area contributed by atoms with Crippen LogP contribution in [0.5, 0.6) is 0 Å². The summed E-state index contributed by atoms with van der Waals surface area (Å²) < 4.78 is 5.33. The number of nitrogens with two attached hydrogens (primary N) is 1. The van der Waals surface area contributed by atoms with Gasteiger partial charge >= 0.3 is 0 Å². The Morgan fingerprint density at radius 1 is 1.30 bits per heavy atom. The highest BCUT2D eigenvalue weighted by molar-refractivity contribution is 7.80. The summed E-state index contributed by atoms with van der Waals surface area (Å²) in [5.74, 6) is -0.190. The lowest BCUT2D eigenvalue weighted by atomic mass is 10.2. The molecule has 0 aliphatic rings. The highest BCUT2D eigenvalue weighted by atomic mass is 32.1. The Morgan fingerprint density at radius 2 is 2.05 bits per heavy atom. The summed E-state index contributed by atoms with van der Waals surface area (Å²) >= 11 is 6.46. The fourth-order valence-corrected chi connectivity index (χ4v) is 2.33. The van der Waals surface area contributed by atoms with Gasteiger partial charge in [0.2, 0.25) is 5.91 Å². The third-order valence-corrected chi connectivity index (χ3v) is 3.60. The number of rotatable bonds is 6. The molecule has 4 nitrogen and oxygen atoms in total. The summed E-state index contributed by atoms with van der Waals surface area (Å²) in [7, 11) is 0. The molecule has 104 valence electrons. The van der Waals surface area contributed by atoms with E-state index in [4.69, 9.17) is 22.7 Å². The zero-order valence-electron chi connectivity index (χ0n) is 10.7. The normalized spacial score (nSPS) is 10.2. The predicted octanol–water partition coefficient (Wildman–Crippen LogP) is 2.54. The lowest BCUT2D eigenvalue weighted by Crippen LogP contribution is -2.18. The van der Waals surface area contributed by atoms with Crippen LogP contribution >= 0.6 is 23.6 Å². The summed E-state index contributed by atoms with van der Waals surface area (Å²) in [6.45, 7) is 0.473. The topological polar surface area (TPSA) is 64.3 Å². The van der Waals surface area contributed by atoms with Crippen molar-refractivity contribution in [1.29, 1.82) is 0 Å². The molecular formula is C14H14N2O2S2. The quantitative estimate of drug-likeness (QED) is 0.805. The molecule has 0 bridgehead atoms. The van der Waals surface area contributed by atoms with Crippen molar-refractivity contribution in [2.24, 2.45) is 5.73 Å². The largest absolute Gasteiger partial charge is 0.389 e. The summed E-state index contributed by atoms with van der Waals surface area (Å²) in [6, 6.07) is 11.0. The van der Waals surface area contributed by atoms with Gasteiger partial charge in [-0.2, -0.15) is 0 Å². The van der Waals surface area contributed by atoms with Crippen LogP contribution in [0.3, 0.4) is 0 Å². The van der Waals surface area contributed by atoms with Gasteiger partial charge in [0, 0.05) is 16.1 Å². The van der Waals surface area contributed by atoms with Crippen molar-refractivity contribution in [2.75, 3.05) is 11.9 Å². The average molecular weight is 306 g/mol. The Morgan fingerprint density at radius 3 is 2.65 bits per heavy atom. The van der Waals surface area contributed by atoms with Crippen LogP contribution in [0.2, 0.25) is 0 Å². The average Bonchev–Trinajstić information content (AvgIpc) is 2.92. The summed E-state index contributed by atoms with van der Waals surface area (Å²) in [6.07, 6.45) is 0. The van der Waals surface area contributed by atoms with Gasteiger partial charge in [-0.1, -0.05) is 18.3 Å². The number of nitrogens with one attached hydrogen (secondary N) is 1. The molecule has 2 aromatic rings. The van der Waals surface area contributed by atoms with Crippen molar-refractivity contribution in [1.82, 2.24) is 0 Å². The van der Waals surface area contributed by atoms with Crippen LogP contribution in [0.1, 0.15) is 10.4 Å². The fourth-order valence-electron chi connectivity index (χ4n) is 1.55. The Hall–Kier alpha value is -1.76. The Labute approximate surface area is 126 Å². The van der Waals surface area contributed by atoms with E-state index in [0.717, 1.165) is 10.4 Å². The maximum atomic E-state index is 11.7. The minimum absolute atomic E-state index is 0.0228.